The van der Waals surface area contributed by atoms with Crippen LogP contribution in [0.4, 0.5) is 0 Å². The number of ether oxygens (including phenoxy) is 2. The molecule has 154 valence electrons. The molecule has 3 rings (SSSR count). The average Bonchev–Trinajstić information content (AvgIpc) is 2.75. The van der Waals surface area contributed by atoms with Crippen molar-refractivity contribution in [2.24, 2.45) is 5.92 Å². The number of pyridine rings is 1. The number of hydrogen-bond donors (Lipinski definition) is 3. The topological polar surface area (TPSA) is 110 Å². The molecule has 0 saturated carbocycles. The van der Waals surface area contributed by atoms with Crippen LogP contribution in [0, 0.1) is 5.92 Å². The van der Waals surface area contributed by atoms with E-state index in [9.17, 15) is 14.7 Å². The molecule has 0 bridgehead atoms. The van der Waals surface area contributed by atoms with Crippen LogP contribution in [0.2, 0.25) is 0 Å². The number of aromatic nitrogens is 1. The number of aliphatic hydroxyl groups is 1. The van der Waals surface area contributed by atoms with Crippen LogP contribution in [0.1, 0.15) is 42.6 Å². The first-order valence-electron chi connectivity index (χ1n) is 10.0. The number of nitrogens with one attached hydrogen (secondary N) is 2. The summed E-state index contributed by atoms with van der Waals surface area (Å²) >= 11 is 0. The summed E-state index contributed by atoms with van der Waals surface area (Å²) in [5.74, 6) is -0.148. The van der Waals surface area contributed by atoms with Crippen molar-refractivity contribution in [3.8, 4) is 0 Å². The van der Waals surface area contributed by atoms with E-state index in [0.29, 0.717) is 38.3 Å². The van der Waals surface area contributed by atoms with Gasteiger partial charge in [-0.3, -0.25) is 14.6 Å². The summed E-state index contributed by atoms with van der Waals surface area (Å²) < 4.78 is 11.2. The number of carbonyl (C=O) groups excluding carboxylic acids is 2. The molecule has 2 aliphatic heterocycles. The lowest BCUT2D eigenvalue weighted by Crippen LogP contribution is -2.51. The van der Waals surface area contributed by atoms with Gasteiger partial charge >= 0.3 is 0 Å². The highest BCUT2D eigenvalue weighted by Gasteiger charge is 2.32. The monoisotopic (exact) mass is 391 g/mol. The van der Waals surface area contributed by atoms with E-state index >= 15 is 0 Å². The molecule has 0 unspecified atom stereocenters. The maximum Gasteiger partial charge on any atom is 0.270 e. The summed E-state index contributed by atoms with van der Waals surface area (Å²) in [4.78, 5) is 28.5. The summed E-state index contributed by atoms with van der Waals surface area (Å²) in [7, 11) is 0. The second kappa shape index (κ2) is 10.5. The van der Waals surface area contributed by atoms with Gasteiger partial charge < -0.3 is 25.2 Å². The number of hydrogen-bond acceptors (Lipinski definition) is 6. The standard InChI is InChI=1S/C20H29N3O5/c24-13-18-16(23-20(26)17-3-1-2-9-21-17)5-4-15(28-18)6-10-22-19(25)14-7-11-27-12-8-14/h1-3,9,14-16,18,24H,4-8,10-13H2,(H,22,25)(H,23,26)/t15-,16-,18-/m0/s1. The molecule has 3 N–H and O–H groups in total. The van der Waals surface area contributed by atoms with Crippen LogP contribution in [0.25, 0.3) is 0 Å². The molecule has 2 saturated heterocycles. The van der Waals surface area contributed by atoms with E-state index in [0.717, 1.165) is 19.3 Å². The summed E-state index contributed by atoms with van der Waals surface area (Å²) in [6.45, 7) is 1.67. The zero-order chi connectivity index (χ0) is 19.8. The fourth-order valence-electron chi connectivity index (χ4n) is 3.71. The van der Waals surface area contributed by atoms with Crippen molar-refractivity contribution < 1.29 is 24.2 Å². The quantitative estimate of drug-likeness (QED) is 0.630. The molecule has 1 aromatic rings. The Bertz CT molecular complexity index is 636. The van der Waals surface area contributed by atoms with Crippen molar-refractivity contribution in [3.05, 3.63) is 30.1 Å². The van der Waals surface area contributed by atoms with Crippen molar-refractivity contribution >= 4 is 11.8 Å². The van der Waals surface area contributed by atoms with Crippen LogP contribution >= 0.6 is 0 Å². The van der Waals surface area contributed by atoms with Crippen molar-refractivity contribution in [1.82, 2.24) is 15.6 Å². The van der Waals surface area contributed by atoms with E-state index in [2.05, 4.69) is 15.6 Å². The molecule has 28 heavy (non-hydrogen) atoms. The van der Waals surface area contributed by atoms with Gasteiger partial charge in [0.05, 0.1) is 18.8 Å². The predicted octanol–water partition coefficient (Wildman–Crippen LogP) is 0.653. The minimum atomic E-state index is -0.461. The maximum atomic E-state index is 12.3. The lowest BCUT2D eigenvalue weighted by Gasteiger charge is -2.36. The average molecular weight is 391 g/mol. The van der Waals surface area contributed by atoms with Crippen LogP contribution in [-0.4, -0.2) is 66.5 Å². The van der Waals surface area contributed by atoms with E-state index in [-0.39, 0.29) is 36.5 Å². The minimum Gasteiger partial charge on any atom is -0.394 e. The number of aliphatic hydroxyl groups excluding tert-OH is 1. The Kier molecular flexibility index (Phi) is 7.76. The molecule has 0 aliphatic carbocycles. The van der Waals surface area contributed by atoms with Gasteiger partial charge in [0.25, 0.3) is 5.91 Å². The van der Waals surface area contributed by atoms with Crippen molar-refractivity contribution in [3.63, 3.8) is 0 Å². The van der Waals surface area contributed by atoms with E-state index in [1.54, 1.807) is 24.4 Å². The van der Waals surface area contributed by atoms with E-state index in [4.69, 9.17) is 9.47 Å². The minimum absolute atomic E-state index is 0.0393. The molecule has 2 aliphatic rings. The van der Waals surface area contributed by atoms with Crippen LogP contribution in [0.3, 0.4) is 0 Å². The maximum absolute atomic E-state index is 12.3. The summed E-state index contributed by atoms with van der Waals surface area (Å²) in [6.07, 6.45) is 4.77. The largest absolute Gasteiger partial charge is 0.394 e. The highest BCUT2D eigenvalue weighted by Crippen LogP contribution is 2.22. The van der Waals surface area contributed by atoms with Gasteiger partial charge in [-0.1, -0.05) is 6.07 Å². The normalized spacial score (nSPS) is 25.8. The van der Waals surface area contributed by atoms with Crippen molar-refractivity contribution in [2.45, 2.75) is 50.4 Å². The molecule has 1 aromatic heterocycles. The first kappa shape index (κ1) is 20.7. The van der Waals surface area contributed by atoms with Crippen LogP contribution in [0.5, 0.6) is 0 Å². The number of carbonyl (C=O) groups is 2. The van der Waals surface area contributed by atoms with E-state index < -0.39 is 6.10 Å². The Balaban J connectivity index is 1.41. The number of rotatable bonds is 7. The first-order chi connectivity index (χ1) is 13.7. The highest BCUT2D eigenvalue weighted by atomic mass is 16.5. The third kappa shape index (κ3) is 5.73. The van der Waals surface area contributed by atoms with Crippen molar-refractivity contribution in [2.75, 3.05) is 26.4 Å². The number of amides is 2. The molecule has 0 aromatic carbocycles. The lowest BCUT2D eigenvalue weighted by atomic mass is 9.96. The smallest absolute Gasteiger partial charge is 0.270 e. The molecular formula is C20H29N3O5. The van der Waals surface area contributed by atoms with Gasteiger partial charge in [-0.15, -0.1) is 0 Å². The van der Waals surface area contributed by atoms with Gasteiger partial charge in [0.2, 0.25) is 5.91 Å². The zero-order valence-electron chi connectivity index (χ0n) is 16.0. The molecule has 8 nitrogen and oxygen atoms in total. The zero-order valence-corrected chi connectivity index (χ0v) is 16.0. The van der Waals surface area contributed by atoms with Crippen LogP contribution in [0.15, 0.2) is 24.4 Å². The summed E-state index contributed by atoms with van der Waals surface area (Å²) in [6, 6.07) is 4.90. The molecule has 0 spiro atoms. The molecule has 3 heterocycles. The molecule has 2 amide bonds. The Morgan fingerprint density at radius 2 is 2.00 bits per heavy atom. The Morgan fingerprint density at radius 1 is 1.18 bits per heavy atom. The van der Waals surface area contributed by atoms with E-state index in [1.807, 2.05) is 0 Å². The SMILES string of the molecule is O=C(N[C@H]1CC[C@@H](CCNC(=O)C2CCOCC2)O[C@H]1CO)c1ccccn1. The van der Waals surface area contributed by atoms with Gasteiger partial charge in [0, 0.05) is 31.9 Å². The molecule has 3 atom stereocenters. The van der Waals surface area contributed by atoms with Gasteiger partial charge in [-0.25, -0.2) is 0 Å². The first-order valence-corrected chi connectivity index (χ1v) is 10.0. The predicted molar refractivity (Wildman–Crippen MR) is 102 cm³/mol. The van der Waals surface area contributed by atoms with Crippen LogP contribution < -0.4 is 10.6 Å². The second-order valence-electron chi connectivity index (χ2n) is 7.32. The molecule has 8 heteroatoms. The van der Waals surface area contributed by atoms with Crippen LogP contribution in [-0.2, 0) is 14.3 Å². The third-order valence-corrected chi connectivity index (χ3v) is 5.37. The lowest BCUT2D eigenvalue weighted by molar-refractivity contribution is -0.128. The molecular weight excluding hydrogens is 362 g/mol. The fourth-order valence-corrected chi connectivity index (χ4v) is 3.71. The summed E-state index contributed by atoms with van der Waals surface area (Å²) in [5.41, 5.74) is 0.345. The third-order valence-electron chi connectivity index (χ3n) is 5.37. The summed E-state index contributed by atoms with van der Waals surface area (Å²) in [5, 5.41) is 15.6. The second-order valence-corrected chi connectivity index (χ2v) is 7.32. The molecule has 0 radical (unpaired) electrons. The van der Waals surface area contributed by atoms with Gasteiger partial charge in [-0.2, -0.15) is 0 Å². The van der Waals surface area contributed by atoms with Crippen molar-refractivity contribution in [1.29, 1.82) is 0 Å². The molecule has 2 fully saturated rings. The Hall–Kier alpha value is -2.03. The highest BCUT2D eigenvalue weighted by molar-refractivity contribution is 5.92. The Morgan fingerprint density at radius 3 is 2.71 bits per heavy atom. The Labute approximate surface area is 165 Å². The number of nitrogens with zero attached hydrogens (tertiary/aromatic N) is 1. The van der Waals surface area contributed by atoms with Gasteiger partial charge in [0.15, 0.2) is 0 Å². The van der Waals surface area contributed by atoms with Gasteiger partial charge in [0.1, 0.15) is 11.8 Å². The fraction of sp³-hybridized carbons (Fsp3) is 0.650. The van der Waals surface area contributed by atoms with Gasteiger partial charge in [-0.05, 0) is 44.2 Å². The van der Waals surface area contributed by atoms with E-state index in [1.165, 1.54) is 0 Å².